The predicted molar refractivity (Wildman–Crippen MR) is 118 cm³/mol. The molecule has 31 heavy (non-hydrogen) atoms. The molecule has 0 amide bonds. The van der Waals surface area contributed by atoms with Crippen LogP contribution in [-0.2, 0) is 9.53 Å². The molecule has 0 spiro atoms. The van der Waals surface area contributed by atoms with E-state index in [1.165, 1.54) is 24.8 Å². The maximum atomic E-state index is 13.0. The number of phenols is 2. The second-order valence-corrected chi connectivity index (χ2v) is 6.94. The molecule has 0 radical (unpaired) electrons. The minimum atomic E-state index is -1.50. The average molecular weight is 420 g/mol. The number of furan rings is 1. The fourth-order valence-corrected chi connectivity index (χ4v) is 3.01. The molecule has 0 aliphatic rings. The number of aliphatic imine (C=N–C) groups is 2. The highest BCUT2D eigenvalue weighted by Crippen LogP contribution is 2.35. The first kappa shape index (κ1) is 21.8. The zero-order valence-electron chi connectivity index (χ0n) is 17.3. The van der Waals surface area contributed by atoms with E-state index in [2.05, 4.69) is 9.98 Å². The molecule has 7 heteroatoms. The van der Waals surface area contributed by atoms with Gasteiger partial charge in [-0.3, -0.25) is 9.98 Å². The number of nitrogens with zero attached hydrogens (tertiary/aromatic N) is 2. The molecule has 2 N–H and O–H groups in total. The molecule has 0 aliphatic carbocycles. The summed E-state index contributed by atoms with van der Waals surface area (Å²) < 4.78 is 10.9. The maximum Gasteiger partial charge on any atom is 0.336 e. The smallest absolute Gasteiger partial charge is 0.336 e. The van der Waals surface area contributed by atoms with Gasteiger partial charge in [0.05, 0.1) is 12.9 Å². The van der Waals surface area contributed by atoms with Crippen LogP contribution >= 0.6 is 0 Å². The van der Waals surface area contributed by atoms with Crippen LogP contribution in [-0.4, -0.2) is 40.8 Å². The van der Waals surface area contributed by atoms with Crippen LogP contribution in [0, 0.1) is 0 Å². The zero-order valence-corrected chi connectivity index (χ0v) is 17.3. The summed E-state index contributed by atoms with van der Waals surface area (Å²) in [5.41, 5.74) is -0.576. The molecular formula is C24H24N2O5. The molecule has 2 atom stereocenters. The van der Waals surface area contributed by atoms with Crippen LogP contribution < -0.4 is 0 Å². The van der Waals surface area contributed by atoms with E-state index in [4.69, 9.17) is 9.15 Å². The van der Waals surface area contributed by atoms with E-state index >= 15 is 0 Å². The minimum absolute atomic E-state index is 0.0321. The molecule has 3 aromatic rings. The number of ether oxygens (including phenoxy) is 1. The monoisotopic (exact) mass is 420 g/mol. The Morgan fingerprint density at radius 2 is 1.65 bits per heavy atom. The van der Waals surface area contributed by atoms with E-state index < -0.39 is 17.6 Å². The van der Waals surface area contributed by atoms with Crippen molar-refractivity contribution in [2.24, 2.45) is 9.98 Å². The van der Waals surface area contributed by atoms with Crippen molar-refractivity contribution in [3.8, 4) is 11.5 Å². The van der Waals surface area contributed by atoms with Gasteiger partial charge in [-0.2, -0.15) is 0 Å². The van der Waals surface area contributed by atoms with Crippen molar-refractivity contribution >= 4 is 18.4 Å². The number of hydrogen-bond donors (Lipinski definition) is 2. The molecule has 0 saturated carbocycles. The number of para-hydroxylation sites is 2. The van der Waals surface area contributed by atoms with Crippen LogP contribution in [0.2, 0.25) is 0 Å². The van der Waals surface area contributed by atoms with Gasteiger partial charge in [-0.1, -0.05) is 24.3 Å². The lowest BCUT2D eigenvalue weighted by Gasteiger charge is -2.28. The van der Waals surface area contributed by atoms with Crippen molar-refractivity contribution in [1.82, 2.24) is 0 Å². The van der Waals surface area contributed by atoms with Gasteiger partial charge in [0.25, 0.3) is 0 Å². The van der Waals surface area contributed by atoms with Gasteiger partial charge in [-0.05, 0) is 50.2 Å². The summed E-state index contributed by atoms with van der Waals surface area (Å²) in [6, 6.07) is 15.9. The Balaban J connectivity index is 2.08. The van der Waals surface area contributed by atoms with Gasteiger partial charge >= 0.3 is 5.97 Å². The van der Waals surface area contributed by atoms with Gasteiger partial charge in [0.1, 0.15) is 23.3 Å². The SMILES string of the molecule is CCOC(=O)[C@](C)(N=Cc1ccccc1O)[C@H](N=Cc1ccccc1O)c1ccco1. The molecule has 1 aromatic heterocycles. The highest BCUT2D eigenvalue weighted by atomic mass is 16.5. The van der Waals surface area contributed by atoms with Crippen LogP contribution in [0.4, 0.5) is 0 Å². The number of carbonyl (C=O) groups excluding carboxylic acids is 1. The Morgan fingerprint density at radius 3 is 2.19 bits per heavy atom. The van der Waals surface area contributed by atoms with E-state index in [-0.39, 0.29) is 18.1 Å². The van der Waals surface area contributed by atoms with Crippen molar-refractivity contribution in [3.63, 3.8) is 0 Å². The Bertz CT molecular complexity index is 1080. The highest BCUT2D eigenvalue weighted by molar-refractivity contribution is 5.90. The standard InChI is InChI=1S/C24H24N2O5/c1-3-30-23(29)24(2,26-16-18-10-5-7-12-20(18)28)22(21-13-8-14-31-21)25-15-17-9-4-6-11-19(17)27/h4-16,22,27-28H,3H2,1-2H3/t22-,24-/m1/s1. The molecule has 0 unspecified atom stereocenters. The van der Waals surface area contributed by atoms with E-state index in [9.17, 15) is 15.0 Å². The molecule has 0 fully saturated rings. The summed E-state index contributed by atoms with van der Waals surface area (Å²) in [4.78, 5) is 22.1. The van der Waals surface area contributed by atoms with Gasteiger partial charge in [0, 0.05) is 23.6 Å². The van der Waals surface area contributed by atoms with Crippen molar-refractivity contribution in [1.29, 1.82) is 0 Å². The Morgan fingerprint density at radius 1 is 1.03 bits per heavy atom. The number of hydrogen-bond acceptors (Lipinski definition) is 7. The molecule has 0 bridgehead atoms. The average Bonchev–Trinajstić information content (AvgIpc) is 3.29. The molecule has 0 aliphatic heterocycles. The summed E-state index contributed by atoms with van der Waals surface area (Å²) in [6.45, 7) is 3.46. The number of esters is 1. The maximum absolute atomic E-state index is 13.0. The Kier molecular flexibility index (Phi) is 6.87. The van der Waals surface area contributed by atoms with E-state index in [0.717, 1.165) is 0 Å². The number of benzene rings is 2. The Hall–Kier alpha value is -3.87. The fraction of sp³-hybridized carbons (Fsp3) is 0.208. The van der Waals surface area contributed by atoms with Gasteiger partial charge in [0.2, 0.25) is 0 Å². The largest absolute Gasteiger partial charge is 0.507 e. The quantitative estimate of drug-likeness (QED) is 0.418. The van der Waals surface area contributed by atoms with E-state index in [1.54, 1.807) is 68.4 Å². The van der Waals surface area contributed by atoms with Gasteiger partial charge in [-0.25, -0.2) is 4.79 Å². The lowest BCUT2D eigenvalue weighted by molar-refractivity contribution is -0.149. The normalized spacial score (nSPS) is 14.5. The molecule has 0 saturated heterocycles. The van der Waals surface area contributed by atoms with E-state index in [0.29, 0.717) is 16.9 Å². The second kappa shape index (κ2) is 9.75. The van der Waals surface area contributed by atoms with Gasteiger partial charge in [0.15, 0.2) is 5.54 Å². The summed E-state index contributed by atoms with van der Waals surface area (Å²) in [6.07, 6.45) is 4.36. The predicted octanol–water partition coefficient (Wildman–Crippen LogP) is 4.29. The van der Waals surface area contributed by atoms with Crippen molar-refractivity contribution in [3.05, 3.63) is 83.8 Å². The third-order valence-corrected chi connectivity index (χ3v) is 4.74. The minimum Gasteiger partial charge on any atom is -0.507 e. The van der Waals surface area contributed by atoms with Crippen molar-refractivity contribution in [2.75, 3.05) is 6.61 Å². The summed E-state index contributed by atoms with van der Waals surface area (Å²) >= 11 is 0. The number of aromatic hydroxyl groups is 2. The molecule has 1 heterocycles. The van der Waals surface area contributed by atoms with Gasteiger partial charge in [-0.15, -0.1) is 0 Å². The Labute approximate surface area is 180 Å². The number of rotatable bonds is 8. The van der Waals surface area contributed by atoms with Crippen LogP contribution in [0.3, 0.4) is 0 Å². The summed E-state index contributed by atoms with van der Waals surface area (Å²) in [5, 5.41) is 20.1. The fourth-order valence-electron chi connectivity index (χ4n) is 3.01. The topological polar surface area (TPSA) is 105 Å². The summed E-state index contributed by atoms with van der Waals surface area (Å²) in [7, 11) is 0. The zero-order chi connectivity index (χ0) is 22.3. The van der Waals surface area contributed by atoms with Crippen LogP contribution in [0.1, 0.15) is 36.8 Å². The molecule has 3 rings (SSSR count). The molecule has 2 aromatic carbocycles. The molecule has 160 valence electrons. The second-order valence-electron chi connectivity index (χ2n) is 6.94. The van der Waals surface area contributed by atoms with E-state index in [1.807, 2.05) is 0 Å². The summed E-state index contributed by atoms with van der Waals surface area (Å²) in [5.74, 6) is -0.112. The van der Waals surface area contributed by atoms with Gasteiger partial charge < -0.3 is 19.4 Å². The first-order valence-corrected chi connectivity index (χ1v) is 9.80. The first-order valence-electron chi connectivity index (χ1n) is 9.80. The van der Waals surface area contributed by atoms with Crippen molar-refractivity contribution < 1.29 is 24.2 Å². The number of phenolic OH excluding ortho intramolecular Hbond substituents is 2. The highest BCUT2D eigenvalue weighted by Gasteiger charge is 2.45. The van der Waals surface area contributed by atoms with Crippen LogP contribution in [0.15, 0.2) is 81.3 Å². The number of carbonyl (C=O) groups is 1. The third-order valence-electron chi connectivity index (χ3n) is 4.74. The lowest BCUT2D eigenvalue weighted by atomic mass is 9.91. The molecule has 7 nitrogen and oxygen atoms in total. The first-order chi connectivity index (χ1) is 15.0. The van der Waals surface area contributed by atoms with Crippen LogP contribution in [0.25, 0.3) is 0 Å². The lowest BCUT2D eigenvalue weighted by Crippen LogP contribution is -2.41. The van der Waals surface area contributed by atoms with Crippen LogP contribution in [0.5, 0.6) is 11.5 Å². The van der Waals surface area contributed by atoms with Crippen molar-refractivity contribution in [2.45, 2.75) is 25.4 Å². The third kappa shape index (κ3) is 5.01. The molecular weight excluding hydrogens is 396 g/mol.